The molecule has 0 radical (unpaired) electrons. The lowest BCUT2D eigenvalue weighted by molar-refractivity contribution is 0.666. The third-order valence-electron chi connectivity index (χ3n) is 12.4. The van der Waals surface area contributed by atoms with Gasteiger partial charge in [0.15, 0.2) is 5.58 Å². The summed E-state index contributed by atoms with van der Waals surface area (Å²) < 4.78 is 8.98. The minimum absolute atomic E-state index is 0.888. The molecule has 3 nitrogen and oxygen atoms in total. The van der Waals surface area contributed by atoms with Crippen molar-refractivity contribution in [3.05, 3.63) is 243 Å². The fourth-order valence-corrected chi connectivity index (χ4v) is 9.49. The monoisotopic (exact) mass is 804 g/mol. The van der Waals surface area contributed by atoms with E-state index in [-0.39, 0.29) is 0 Å². The number of aromatic nitrogens is 1. The summed E-state index contributed by atoms with van der Waals surface area (Å²) in [4.78, 5) is 2.39. The number of hydrogen-bond acceptors (Lipinski definition) is 2. The van der Waals surface area contributed by atoms with E-state index in [1.54, 1.807) is 0 Å². The fraction of sp³-hybridized carbons (Fsp3) is 0. The van der Waals surface area contributed by atoms with Crippen LogP contribution in [0.4, 0.5) is 17.1 Å². The third-order valence-corrected chi connectivity index (χ3v) is 12.4. The summed E-state index contributed by atoms with van der Waals surface area (Å²) in [5.74, 6) is 0. The number of benzene rings is 10. The predicted molar refractivity (Wildman–Crippen MR) is 264 cm³/mol. The van der Waals surface area contributed by atoms with Gasteiger partial charge in [0.2, 0.25) is 0 Å². The second-order valence-corrected chi connectivity index (χ2v) is 16.1. The molecule has 0 N–H and O–H groups in total. The first-order valence-electron chi connectivity index (χ1n) is 21.5. The van der Waals surface area contributed by atoms with Crippen molar-refractivity contribution in [3.63, 3.8) is 0 Å². The number of fused-ring (bicyclic) bond motifs is 6. The van der Waals surface area contributed by atoms with Gasteiger partial charge in [0.05, 0.1) is 22.4 Å². The van der Waals surface area contributed by atoms with Gasteiger partial charge < -0.3 is 13.9 Å². The highest BCUT2D eigenvalue weighted by molar-refractivity contribution is 6.17. The number of rotatable bonds is 8. The van der Waals surface area contributed by atoms with E-state index in [1.165, 1.54) is 38.6 Å². The summed E-state index contributed by atoms with van der Waals surface area (Å²) in [6.07, 6.45) is 0. The molecule has 0 saturated heterocycles. The second-order valence-electron chi connectivity index (χ2n) is 16.1. The zero-order chi connectivity index (χ0) is 41.7. The molecule has 3 heteroatoms. The minimum atomic E-state index is 0.888. The molecular formula is C60H40N2O. The lowest BCUT2D eigenvalue weighted by Crippen LogP contribution is -2.11. The van der Waals surface area contributed by atoms with Crippen LogP contribution in [-0.4, -0.2) is 4.57 Å². The lowest BCUT2D eigenvalue weighted by atomic mass is 9.94. The molecule has 0 fully saturated rings. The van der Waals surface area contributed by atoms with Crippen molar-refractivity contribution in [1.29, 1.82) is 0 Å². The van der Waals surface area contributed by atoms with E-state index in [9.17, 15) is 0 Å². The molecule has 0 atom stereocenters. The van der Waals surface area contributed by atoms with Crippen LogP contribution in [0.25, 0.3) is 93.9 Å². The molecule has 0 bridgehead atoms. The van der Waals surface area contributed by atoms with Crippen LogP contribution in [-0.2, 0) is 0 Å². The maximum Gasteiger partial charge on any atom is 0.159 e. The molecule has 0 aliphatic rings. The van der Waals surface area contributed by atoms with Gasteiger partial charge in [-0.2, -0.15) is 0 Å². The maximum absolute atomic E-state index is 6.61. The van der Waals surface area contributed by atoms with Crippen molar-refractivity contribution in [2.24, 2.45) is 0 Å². The van der Waals surface area contributed by atoms with E-state index < -0.39 is 0 Å². The summed E-state index contributed by atoms with van der Waals surface area (Å²) >= 11 is 0. The zero-order valence-corrected chi connectivity index (χ0v) is 34.4. The highest BCUT2D eigenvalue weighted by atomic mass is 16.3. The molecule has 0 aliphatic heterocycles. The van der Waals surface area contributed by atoms with E-state index in [0.717, 1.165) is 72.4 Å². The van der Waals surface area contributed by atoms with E-state index in [4.69, 9.17) is 4.42 Å². The molecule has 63 heavy (non-hydrogen) atoms. The van der Waals surface area contributed by atoms with E-state index in [0.29, 0.717) is 0 Å². The molecule has 0 aliphatic carbocycles. The third kappa shape index (κ3) is 6.29. The Morgan fingerprint density at radius 2 is 0.825 bits per heavy atom. The predicted octanol–water partition coefficient (Wildman–Crippen LogP) is 16.8. The molecule has 0 spiro atoms. The molecule has 10 aromatic carbocycles. The van der Waals surface area contributed by atoms with Crippen LogP contribution in [0.5, 0.6) is 0 Å². The Balaban J connectivity index is 1.00. The van der Waals surface area contributed by atoms with E-state index in [2.05, 4.69) is 246 Å². The Hall–Kier alpha value is -8.40. The molecule has 296 valence electrons. The van der Waals surface area contributed by atoms with Crippen LogP contribution in [0.2, 0.25) is 0 Å². The molecular weight excluding hydrogens is 765 g/mol. The highest BCUT2D eigenvalue weighted by Gasteiger charge is 2.21. The van der Waals surface area contributed by atoms with Gasteiger partial charge in [-0.15, -0.1) is 0 Å². The molecule has 0 amide bonds. The molecule has 2 heterocycles. The summed E-state index contributed by atoms with van der Waals surface area (Å²) in [5.41, 5.74) is 17.8. The average molecular weight is 805 g/mol. The van der Waals surface area contributed by atoms with Crippen molar-refractivity contribution in [2.45, 2.75) is 0 Å². The topological polar surface area (TPSA) is 21.3 Å². The number of para-hydroxylation sites is 4. The van der Waals surface area contributed by atoms with Gasteiger partial charge in [0.25, 0.3) is 0 Å². The van der Waals surface area contributed by atoms with Crippen molar-refractivity contribution < 1.29 is 4.42 Å². The quantitative estimate of drug-likeness (QED) is 0.153. The first kappa shape index (κ1) is 36.5. The number of nitrogens with zero attached hydrogens (tertiary/aromatic N) is 2. The van der Waals surface area contributed by atoms with Gasteiger partial charge >= 0.3 is 0 Å². The van der Waals surface area contributed by atoms with Crippen LogP contribution in [0.3, 0.4) is 0 Å². The summed E-state index contributed by atoms with van der Waals surface area (Å²) in [5, 5.41) is 4.65. The second kappa shape index (κ2) is 15.3. The standard InChI is InChI=1S/C60H40N2O/c1-3-16-41(17-4-1)43-32-36-47(37-33-43)61(48-38-34-44(35-39-48)42-18-5-2-6-19-42)54-27-10-7-22-49(54)45-20-13-21-46(40-45)50-25-14-29-56-59(50)53-24-8-11-28-55(53)62(56)57-30-15-26-52-51-23-9-12-31-58(51)63-60(52)57/h1-40H. The van der Waals surface area contributed by atoms with Gasteiger partial charge in [0.1, 0.15) is 5.58 Å². The Kier molecular flexibility index (Phi) is 8.83. The van der Waals surface area contributed by atoms with Crippen LogP contribution in [0, 0.1) is 0 Å². The van der Waals surface area contributed by atoms with Crippen molar-refractivity contribution in [2.75, 3.05) is 4.90 Å². The van der Waals surface area contributed by atoms with Crippen LogP contribution >= 0.6 is 0 Å². The van der Waals surface area contributed by atoms with Crippen LogP contribution in [0.15, 0.2) is 247 Å². The Bertz CT molecular complexity index is 3520. The SMILES string of the molecule is c1ccc(-c2ccc(N(c3ccc(-c4ccccc4)cc3)c3ccccc3-c3cccc(-c4cccc5c4c4ccccc4n5-c4cccc5c4oc4ccccc45)c3)cc2)cc1. The van der Waals surface area contributed by atoms with Gasteiger partial charge in [-0.25, -0.2) is 0 Å². The van der Waals surface area contributed by atoms with E-state index >= 15 is 0 Å². The number of furan rings is 1. The van der Waals surface area contributed by atoms with Gasteiger partial charge in [-0.3, -0.25) is 0 Å². The van der Waals surface area contributed by atoms with Crippen LogP contribution in [0.1, 0.15) is 0 Å². The van der Waals surface area contributed by atoms with Gasteiger partial charge in [0, 0.05) is 38.5 Å². The van der Waals surface area contributed by atoms with Gasteiger partial charge in [-0.05, 0) is 99.6 Å². The Labute approximate surface area is 366 Å². The smallest absolute Gasteiger partial charge is 0.159 e. The summed E-state index contributed by atoms with van der Waals surface area (Å²) in [6.45, 7) is 0. The summed E-state index contributed by atoms with van der Waals surface area (Å²) in [6, 6.07) is 87.1. The molecule has 0 unspecified atom stereocenters. The van der Waals surface area contributed by atoms with Crippen molar-refractivity contribution >= 4 is 60.8 Å². The first-order chi connectivity index (χ1) is 31.3. The van der Waals surface area contributed by atoms with Gasteiger partial charge in [-0.1, -0.05) is 182 Å². The number of anilines is 3. The molecule has 12 rings (SSSR count). The summed E-state index contributed by atoms with van der Waals surface area (Å²) in [7, 11) is 0. The number of hydrogen-bond donors (Lipinski definition) is 0. The molecule has 12 aromatic rings. The highest BCUT2D eigenvalue weighted by Crippen LogP contribution is 2.45. The van der Waals surface area contributed by atoms with Crippen molar-refractivity contribution in [3.8, 4) is 50.2 Å². The minimum Gasteiger partial charge on any atom is -0.454 e. The Morgan fingerprint density at radius 1 is 0.333 bits per heavy atom. The average Bonchev–Trinajstić information content (AvgIpc) is 3.92. The maximum atomic E-state index is 6.61. The Morgan fingerprint density at radius 3 is 1.54 bits per heavy atom. The van der Waals surface area contributed by atoms with Crippen LogP contribution < -0.4 is 4.90 Å². The van der Waals surface area contributed by atoms with Crippen molar-refractivity contribution in [1.82, 2.24) is 4.57 Å². The molecule has 0 saturated carbocycles. The fourth-order valence-electron chi connectivity index (χ4n) is 9.49. The largest absolute Gasteiger partial charge is 0.454 e. The zero-order valence-electron chi connectivity index (χ0n) is 34.4. The van der Waals surface area contributed by atoms with E-state index in [1.807, 2.05) is 6.07 Å². The normalized spacial score (nSPS) is 11.5. The first-order valence-corrected chi connectivity index (χ1v) is 21.5. The molecule has 2 aromatic heterocycles. The lowest BCUT2D eigenvalue weighted by Gasteiger charge is -2.28.